The minimum absolute atomic E-state index is 0.844. The predicted octanol–water partition coefficient (Wildman–Crippen LogP) is 2.97. The predicted molar refractivity (Wildman–Crippen MR) is 80.5 cm³/mol. The van der Waals surface area contributed by atoms with Crippen LogP contribution in [0.3, 0.4) is 0 Å². The van der Waals surface area contributed by atoms with E-state index < -0.39 is 0 Å². The van der Waals surface area contributed by atoms with E-state index in [4.69, 9.17) is 5.41 Å². The fourth-order valence-electron chi connectivity index (χ4n) is 2.64. The molecule has 0 bridgehead atoms. The molecule has 1 fully saturated rings. The summed E-state index contributed by atoms with van der Waals surface area (Å²) in [4.78, 5) is 4.61. The molecule has 1 aliphatic heterocycles. The number of likely N-dealkylation sites (tertiary alicyclic amines) is 1. The quantitative estimate of drug-likeness (QED) is 0.851. The highest BCUT2D eigenvalue weighted by Crippen LogP contribution is 2.11. The molecule has 19 heavy (non-hydrogen) atoms. The summed E-state index contributed by atoms with van der Waals surface area (Å²) in [5.74, 6) is 0.844. The van der Waals surface area contributed by atoms with Gasteiger partial charge in [-0.25, -0.2) is 0 Å². The Morgan fingerprint density at radius 3 is 2.74 bits per heavy atom. The van der Waals surface area contributed by atoms with Crippen molar-refractivity contribution in [3.63, 3.8) is 0 Å². The van der Waals surface area contributed by atoms with E-state index in [2.05, 4.69) is 47.2 Å². The van der Waals surface area contributed by atoms with Gasteiger partial charge in [-0.2, -0.15) is 0 Å². The zero-order chi connectivity index (χ0) is 13.5. The second-order valence-electron chi connectivity index (χ2n) is 5.47. The van der Waals surface area contributed by atoms with Crippen LogP contribution in [0.5, 0.6) is 0 Å². The second kappa shape index (κ2) is 7.29. The monoisotopic (exact) mass is 259 g/mol. The van der Waals surface area contributed by atoms with E-state index in [-0.39, 0.29) is 0 Å². The summed E-state index contributed by atoms with van der Waals surface area (Å²) in [6.45, 7) is 4.23. The topological polar surface area (TPSA) is 30.3 Å². The third-order valence-corrected chi connectivity index (χ3v) is 3.74. The van der Waals surface area contributed by atoms with Crippen molar-refractivity contribution in [3.05, 3.63) is 35.9 Å². The van der Waals surface area contributed by atoms with E-state index in [9.17, 15) is 0 Å². The molecule has 0 saturated carbocycles. The summed E-state index contributed by atoms with van der Waals surface area (Å²) in [7, 11) is 2.18. The van der Waals surface area contributed by atoms with Crippen LogP contribution in [-0.4, -0.2) is 42.3 Å². The molecule has 0 amide bonds. The number of piperidine rings is 1. The number of nitrogens with one attached hydrogen (secondary N) is 1. The average Bonchev–Trinajstić information content (AvgIpc) is 2.42. The molecule has 0 aliphatic carbocycles. The third kappa shape index (κ3) is 4.67. The molecule has 1 aromatic carbocycles. The highest BCUT2D eigenvalue weighted by atomic mass is 15.2. The standard InChI is InChI=1S/C16H25N3/c1-18(14-15-8-3-2-4-9-15)11-7-13-19-12-6-5-10-16(19)17/h2-4,8-9,17H,5-7,10-14H2,1H3. The Bertz CT molecular complexity index is 388. The van der Waals surface area contributed by atoms with Gasteiger partial charge in [0.15, 0.2) is 0 Å². The molecule has 0 spiro atoms. The van der Waals surface area contributed by atoms with Crippen LogP contribution >= 0.6 is 0 Å². The molecule has 3 nitrogen and oxygen atoms in total. The molecule has 0 unspecified atom stereocenters. The van der Waals surface area contributed by atoms with E-state index in [1.54, 1.807) is 0 Å². The molecule has 2 rings (SSSR count). The van der Waals surface area contributed by atoms with Crippen molar-refractivity contribution in [2.24, 2.45) is 0 Å². The number of benzene rings is 1. The van der Waals surface area contributed by atoms with Gasteiger partial charge in [0, 0.05) is 26.1 Å². The van der Waals surface area contributed by atoms with Gasteiger partial charge in [-0.05, 0) is 38.4 Å². The van der Waals surface area contributed by atoms with Crippen LogP contribution in [0.1, 0.15) is 31.2 Å². The van der Waals surface area contributed by atoms with Gasteiger partial charge in [0.1, 0.15) is 0 Å². The zero-order valence-corrected chi connectivity index (χ0v) is 11.9. The summed E-state index contributed by atoms with van der Waals surface area (Å²) in [6, 6.07) is 10.6. The van der Waals surface area contributed by atoms with Gasteiger partial charge < -0.3 is 9.80 Å². The van der Waals surface area contributed by atoms with E-state index in [0.29, 0.717) is 0 Å². The lowest BCUT2D eigenvalue weighted by molar-refractivity contribution is 0.289. The molecule has 0 aromatic heterocycles. The van der Waals surface area contributed by atoms with E-state index in [1.807, 2.05) is 0 Å². The fourth-order valence-corrected chi connectivity index (χ4v) is 2.64. The lowest BCUT2D eigenvalue weighted by atomic mass is 10.1. The number of amidine groups is 1. The highest BCUT2D eigenvalue weighted by Gasteiger charge is 2.14. The van der Waals surface area contributed by atoms with Gasteiger partial charge >= 0.3 is 0 Å². The van der Waals surface area contributed by atoms with Crippen LogP contribution in [0.2, 0.25) is 0 Å². The Hall–Kier alpha value is -1.35. The molecule has 1 aromatic rings. The first-order valence-corrected chi connectivity index (χ1v) is 7.30. The summed E-state index contributed by atoms with van der Waals surface area (Å²) in [6.07, 6.45) is 4.57. The summed E-state index contributed by atoms with van der Waals surface area (Å²) < 4.78 is 0. The van der Waals surface area contributed by atoms with E-state index in [0.717, 1.165) is 44.9 Å². The van der Waals surface area contributed by atoms with Crippen LogP contribution in [0.15, 0.2) is 30.3 Å². The van der Waals surface area contributed by atoms with Gasteiger partial charge in [-0.3, -0.25) is 5.41 Å². The van der Waals surface area contributed by atoms with Crippen LogP contribution in [0.25, 0.3) is 0 Å². The van der Waals surface area contributed by atoms with Crippen LogP contribution in [0.4, 0.5) is 0 Å². The fraction of sp³-hybridized carbons (Fsp3) is 0.562. The van der Waals surface area contributed by atoms with Crippen molar-refractivity contribution in [1.29, 1.82) is 5.41 Å². The number of nitrogens with zero attached hydrogens (tertiary/aromatic N) is 2. The molecular formula is C16H25N3. The molecule has 0 atom stereocenters. The first-order valence-electron chi connectivity index (χ1n) is 7.30. The number of hydrogen-bond donors (Lipinski definition) is 1. The Morgan fingerprint density at radius 1 is 1.21 bits per heavy atom. The van der Waals surface area contributed by atoms with E-state index >= 15 is 0 Å². The van der Waals surface area contributed by atoms with Crippen LogP contribution in [-0.2, 0) is 6.54 Å². The molecule has 1 saturated heterocycles. The molecule has 1 N–H and O–H groups in total. The van der Waals surface area contributed by atoms with Crippen LogP contribution in [0, 0.1) is 5.41 Å². The number of hydrogen-bond acceptors (Lipinski definition) is 2. The SMILES string of the molecule is CN(CCCN1CCCCC1=N)Cc1ccccc1. The maximum Gasteiger partial charge on any atom is 0.0957 e. The van der Waals surface area contributed by atoms with Crippen molar-refractivity contribution < 1.29 is 0 Å². The summed E-state index contributed by atoms with van der Waals surface area (Å²) >= 11 is 0. The maximum atomic E-state index is 7.92. The first kappa shape index (κ1) is 14.1. The van der Waals surface area contributed by atoms with Gasteiger partial charge in [0.25, 0.3) is 0 Å². The summed E-state index contributed by atoms with van der Waals surface area (Å²) in [5.41, 5.74) is 1.37. The van der Waals surface area contributed by atoms with Crippen LogP contribution < -0.4 is 0 Å². The van der Waals surface area contributed by atoms with Gasteiger partial charge in [-0.1, -0.05) is 30.3 Å². The lowest BCUT2D eigenvalue weighted by Crippen LogP contribution is -2.36. The zero-order valence-electron chi connectivity index (χ0n) is 11.9. The van der Waals surface area contributed by atoms with Crippen molar-refractivity contribution >= 4 is 5.84 Å². The average molecular weight is 259 g/mol. The Labute approximate surface area is 116 Å². The second-order valence-corrected chi connectivity index (χ2v) is 5.47. The van der Waals surface area contributed by atoms with Crippen molar-refractivity contribution in [2.75, 3.05) is 26.7 Å². The Balaban J connectivity index is 1.66. The molecular weight excluding hydrogens is 234 g/mol. The normalized spacial score (nSPS) is 16.1. The Kier molecular flexibility index (Phi) is 5.40. The molecule has 1 aliphatic rings. The highest BCUT2D eigenvalue weighted by molar-refractivity contribution is 5.79. The Morgan fingerprint density at radius 2 is 2.00 bits per heavy atom. The molecule has 1 heterocycles. The number of rotatable bonds is 6. The van der Waals surface area contributed by atoms with Gasteiger partial charge in [-0.15, -0.1) is 0 Å². The maximum absolute atomic E-state index is 7.92. The van der Waals surface area contributed by atoms with Crippen molar-refractivity contribution in [3.8, 4) is 0 Å². The smallest absolute Gasteiger partial charge is 0.0957 e. The van der Waals surface area contributed by atoms with Gasteiger partial charge in [0.05, 0.1) is 5.84 Å². The van der Waals surface area contributed by atoms with Crippen molar-refractivity contribution in [1.82, 2.24) is 9.80 Å². The largest absolute Gasteiger partial charge is 0.361 e. The van der Waals surface area contributed by atoms with Gasteiger partial charge in [0.2, 0.25) is 0 Å². The van der Waals surface area contributed by atoms with Crippen molar-refractivity contribution in [2.45, 2.75) is 32.2 Å². The summed E-state index contributed by atoms with van der Waals surface area (Å²) in [5, 5.41) is 7.92. The third-order valence-electron chi connectivity index (χ3n) is 3.74. The molecule has 3 heteroatoms. The molecule has 0 radical (unpaired) electrons. The minimum Gasteiger partial charge on any atom is -0.361 e. The first-order chi connectivity index (χ1) is 9.25. The minimum atomic E-state index is 0.844. The molecule has 104 valence electrons. The van der Waals surface area contributed by atoms with E-state index in [1.165, 1.54) is 18.4 Å². The lowest BCUT2D eigenvalue weighted by Gasteiger charge is -2.30.